The molecule has 1 fully saturated rings. The van der Waals surface area contributed by atoms with E-state index in [9.17, 15) is 9.59 Å². The third-order valence-electron chi connectivity index (χ3n) is 6.04. The summed E-state index contributed by atoms with van der Waals surface area (Å²) in [6, 6.07) is 12.8. The monoisotopic (exact) mass is 456 g/mol. The van der Waals surface area contributed by atoms with Crippen molar-refractivity contribution >= 4 is 23.4 Å². The van der Waals surface area contributed by atoms with Gasteiger partial charge in [-0.05, 0) is 62.9 Å². The van der Waals surface area contributed by atoms with Crippen LogP contribution in [0.3, 0.4) is 0 Å². The van der Waals surface area contributed by atoms with E-state index < -0.39 is 6.04 Å². The number of amides is 2. The van der Waals surface area contributed by atoms with Gasteiger partial charge in [-0.3, -0.25) is 9.59 Å². The molecule has 1 N–H and O–H groups in total. The molecule has 0 saturated heterocycles. The van der Waals surface area contributed by atoms with Gasteiger partial charge in [-0.25, -0.2) is 0 Å². The van der Waals surface area contributed by atoms with E-state index in [0.717, 1.165) is 42.4 Å². The second kappa shape index (κ2) is 11.4. The van der Waals surface area contributed by atoms with E-state index in [1.807, 2.05) is 50.2 Å². The first-order valence-electron chi connectivity index (χ1n) is 11.4. The van der Waals surface area contributed by atoms with Crippen LogP contribution in [0.1, 0.15) is 55.7 Å². The van der Waals surface area contributed by atoms with Gasteiger partial charge in [0.15, 0.2) is 6.61 Å². The van der Waals surface area contributed by atoms with Gasteiger partial charge in [0.2, 0.25) is 5.91 Å². The van der Waals surface area contributed by atoms with Gasteiger partial charge in [-0.1, -0.05) is 60.7 Å². The minimum Gasteiger partial charge on any atom is -0.483 e. The maximum absolute atomic E-state index is 13.2. The highest BCUT2D eigenvalue weighted by Crippen LogP contribution is 2.21. The van der Waals surface area contributed by atoms with E-state index in [4.69, 9.17) is 16.3 Å². The Morgan fingerprint density at radius 2 is 1.88 bits per heavy atom. The maximum Gasteiger partial charge on any atom is 0.261 e. The molecular weight excluding hydrogens is 424 g/mol. The molecule has 2 amide bonds. The van der Waals surface area contributed by atoms with Gasteiger partial charge >= 0.3 is 0 Å². The number of hydrogen-bond donors (Lipinski definition) is 1. The number of rotatable bonds is 8. The molecule has 32 heavy (non-hydrogen) atoms. The van der Waals surface area contributed by atoms with Crippen LogP contribution in [0.25, 0.3) is 0 Å². The molecule has 1 aliphatic rings. The normalized spacial score (nSPS) is 15.1. The highest BCUT2D eigenvalue weighted by atomic mass is 35.5. The molecule has 0 heterocycles. The molecule has 1 unspecified atom stereocenters. The number of halogens is 1. The van der Waals surface area contributed by atoms with Crippen LogP contribution in [0, 0.1) is 13.8 Å². The summed E-state index contributed by atoms with van der Waals surface area (Å²) in [4.78, 5) is 27.8. The number of nitrogens with one attached hydrogen (secondary N) is 1. The standard InChI is InChI=1S/C26H33ClN2O3/c1-18-12-13-24(19(2)14-18)32-17-25(30)29(16-21-8-7-9-22(27)15-21)20(3)26(31)28-23-10-5-4-6-11-23/h7-9,12-15,20,23H,4-6,10-11,16-17H2,1-3H3,(H,28,31). The number of carbonyl (C=O) groups excluding carboxylic acids is 2. The van der Waals surface area contributed by atoms with Crippen molar-refractivity contribution in [1.82, 2.24) is 10.2 Å². The molecule has 5 nitrogen and oxygen atoms in total. The number of hydrogen-bond acceptors (Lipinski definition) is 3. The maximum atomic E-state index is 13.2. The second-order valence-corrected chi connectivity index (χ2v) is 9.17. The van der Waals surface area contributed by atoms with Gasteiger partial charge in [-0.2, -0.15) is 0 Å². The molecule has 0 aromatic heterocycles. The Hall–Kier alpha value is -2.53. The molecule has 3 rings (SSSR count). The molecule has 1 atom stereocenters. The lowest BCUT2D eigenvalue weighted by atomic mass is 9.95. The quantitative estimate of drug-likeness (QED) is 0.593. The van der Waals surface area contributed by atoms with Crippen LogP contribution in [0.2, 0.25) is 5.02 Å². The van der Waals surface area contributed by atoms with Crippen LogP contribution in [0.5, 0.6) is 5.75 Å². The van der Waals surface area contributed by atoms with Crippen molar-refractivity contribution < 1.29 is 14.3 Å². The molecule has 2 aromatic rings. The van der Waals surface area contributed by atoms with E-state index in [0.29, 0.717) is 10.8 Å². The summed E-state index contributed by atoms with van der Waals surface area (Å²) in [5.74, 6) is 0.306. The SMILES string of the molecule is Cc1ccc(OCC(=O)N(Cc2cccc(Cl)c2)C(C)C(=O)NC2CCCCC2)c(C)c1. The molecular formula is C26H33ClN2O3. The van der Waals surface area contributed by atoms with E-state index in [1.165, 1.54) is 6.42 Å². The predicted molar refractivity (Wildman–Crippen MR) is 128 cm³/mol. The highest BCUT2D eigenvalue weighted by molar-refractivity contribution is 6.30. The van der Waals surface area contributed by atoms with E-state index in [-0.39, 0.29) is 31.0 Å². The summed E-state index contributed by atoms with van der Waals surface area (Å²) in [6.07, 6.45) is 5.48. The first-order valence-corrected chi connectivity index (χ1v) is 11.8. The Bertz CT molecular complexity index is 940. The molecule has 6 heteroatoms. The van der Waals surface area contributed by atoms with Crippen molar-refractivity contribution in [2.24, 2.45) is 0 Å². The Kier molecular flexibility index (Phi) is 8.57. The number of carbonyl (C=O) groups is 2. The summed E-state index contributed by atoms with van der Waals surface area (Å²) < 4.78 is 5.83. The van der Waals surface area contributed by atoms with Crippen LogP contribution >= 0.6 is 11.6 Å². The molecule has 2 aromatic carbocycles. The van der Waals surface area contributed by atoms with Crippen LogP contribution < -0.4 is 10.1 Å². The molecule has 0 aliphatic heterocycles. The average molecular weight is 457 g/mol. The van der Waals surface area contributed by atoms with Crippen LogP contribution in [0.4, 0.5) is 0 Å². The second-order valence-electron chi connectivity index (χ2n) is 8.73. The third-order valence-corrected chi connectivity index (χ3v) is 6.28. The minimum atomic E-state index is -0.619. The fraction of sp³-hybridized carbons (Fsp3) is 0.462. The number of aryl methyl sites for hydroxylation is 2. The number of benzene rings is 2. The first kappa shape index (κ1) is 24.1. The van der Waals surface area contributed by atoms with Gasteiger partial charge in [0, 0.05) is 17.6 Å². The molecule has 0 spiro atoms. The highest BCUT2D eigenvalue weighted by Gasteiger charge is 2.28. The van der Waals surface area contributed by atoms with Gasteiger partial charge in [0.05, 0.1) is 0 Å². The van der Waals surface area contributed by atoms with Crippen LogP contribution in [0.15, 0.2) is 42.5 Å². The zero-order valence-electron chi connectivity index (χ0n) is 19.2. The van der Waals surface area contributed by atoms with Crippen molar-refractivity contribution in [3.05, 3.63) is 64.2 Å². The summed E-state index contributed by atoms with van der Waals surface area (Å²) in [6.45, 7) is 5.90. The molecule has 0 bridgehead atoms. The largest absolute Gasteiger partial charge is 0.483 e. The summed E-state index contributed by atoms with van der Waals surface area (Å²) in [5, 5.41) is 3.74. The minimum absolute atomic E-state index is 0.126. The Morgan fingerprint density at radius 3 is 2.56 bits per heavy atom. The zero-order chi connectivity index (χ0) is 23.1. The topological polar surface area (TPSA) is 58.6 Å². The average Bonchev–Trinajstić information content (AvgIpc) is 2.77. The van der Waals surface area contributed by atoms with Crippen molar-refractivity contribution in [1.29, 1.82) is 0 Å². The zero-order valence-corrected chi connectivity index (χ0v) is 20.0. The lowest BCUT2D eigenvalue weighted by Gasteiger charge is -2.31. The molecule has 172 valence electrons. The van der Waals surface area contributed by atoms with Gasteiger partial charge in [0.25, 0.3) is 5.91 Å². The van der Waals surface area contributed by atoms with Gasteiger partial charge < -0.3 is 15.0 Å². The summed E-state index contributed by atoms with van der Waals surface area (Å²) in [5.41, 5.74) is 2.98. The lowest BCUT2D eigenvalue weighted by molar-refractivity contribution is -0.142. The van der Waals surface area contributed by atoms with E-state index in [2.05, 4.69) is 5.32 Å². The molecule has 1 aliphatic carbocycles. The fourth-order valence-corrected chi connectivity index (χ4v) is 4.38. The van der Waals surface area contributed by atoms with E-state index in [1.54, 1.807) is 17.9 Å². The lowest BCUT2D eigenvalue weighted by Crippen LogP contribution is -2.51. The van der Waals surface area contributed by atoms with Crippen molar-refractivity contribution in [3.8, 4) is 5.75 Å². The number of nitrogens with zero attached hydrogens (tertiary/aromatic N) is 1. The molecule has 0 radical (unpaired) electrons. The first-order chi connectivity index (χ1) is 15.3. The van der Waals surface area contributed by atoms with Gasteiger partial charge in [-0.15, -0.1) is 0 Å². The van der Waals surface area contributed by atoms with Crippen LogP contribution in [-0.4, -0.2) is 35.4 Å². The smallest absolute Gasteiger partial charge is 0.261 e. The fourth-order valence-electron chi connectivity index (χ4n) is 4.17. The Morgan fingerprint density at radius 1 is 1.12 bits per heavy atom. The Balaban J connectivity index is 1.72. The Labute approximate surface area is 196 Å². The summed E-state index contributed by atoms with van der Waals surface area (Å²) >= 11 is 6.14. The van der Waals surface area contributed by atoms with E-state index >= 15 is 0 Å². The van der Waals surface area contributed by atoms with Crippen molar-refractivity contribution in [2.45, 2.75) is 71.5 Å². The third kappa shape index (κ3) is 6.73. The predicted octanol–water partition coefficient (Wildman–Crippen LogP) is 5.20. The number of ether oxygens (including phenoxy) is 1. The van der Waals surface area contributed by atoms with Crippen LogP contribution in [-0.2, 0) is 16.1 Å². The van der Waals surface area contributed by atoms with Gasteiger partial charge in [0.1, 0.15) is 11.8 Å². The van der Waals surface area contributed by atoms with Crippen molar-refractivity contribution in [2.75, 3.05) is 6.61 Å². The summed E-state index contributed by atoms with van der Waals surface area (Å²) in [7, 11) is 0. The molecule has 1 saturated carbocycles. The van der Waals surface area contributed by atoms with Crippen molar-refractivity contribution in [3.63, 3.8) is 0 Å².